The van der Waals surface area contributed by atoms with Crippen LogP contribution in [0.4, 0.5) is 5.69 Å². The normalized spacial score (nSPS) is 15.5. The Labute approximate surface area is 197 Å². The van der Waals surface area contributed by atoms with Crippen molar-refractivity contribution in [3.63, 3.8) is 0 Å². The molecule has 0 unspecified atom stereocenters. The summed E-state index contributed by atoms with van der Waals surface area (Å²) in [5.41, 5.74) is 1.32. The summed E-state index contributed by atoms with van der Waals surface area (Å²) in [6.45, 7) is 6.07. The molecule has 0 aliphatic heterocycles. The number of hydrogen-bond acceptors (Lipinski definition) is 5. The first-order valence-electron chi connectivity index (χ1n) is 11.1. The molecule has 0 atom stereocenters. The minimum atomic E-state index is -3.74. The minimum absolute atomic E-state index is 0.0742. The predicted molar refractivity (Wildman–Crippen MR) is 129 cm³/mol. The Bertz CT molecular complexity index is 1190. The molecule has 2 N–H and O–H groups in total. The maximum atomic E-state index is 12.8. The number of hydrogen-bond donors (Lipinski definition) is 2. The lowest BCUT2D eigenvalue weighted by Crippen LogP contribution is -2.28. The van der Waals surface area contributed by atoms with Crippen LogP contribution >= 0.6 is 0 Å². The fourth-order valence-electron chi connectivity index (χ4n) is 3.88. The highest BCUT2D eigenvalue weighted by molar-refractivity contribution is 7.92. The largest absolute Gasteiger partial charge is 0.326 e. The van der Waals surface area contributed by atoms with Crippen LogP contribution in [0.15, 0.2) is 58.3 Å². The van der Waals surface area contributed by atoms with Crippen LogP contribution in [0.5, 0.6) is 0 Å². The summed E-state index contributed by atoms with van der Waals surface area (Å²) < 4.78 is 53.0. The number of anilines is 1. The summed E-state index contributed by atoms with van der Waals surface area (Å²) in [7, 11) is -7.16. The molecule has 33 heavy (non-hydrogen) atoms. The molecule has 0 bridgehead atoms. The van der Waals surface area contributed by atoms with Gasteiger partial charge in [-0.25, -0.2) is 21.6 Å². The van der Waals surface area contributed by atoms with Crippen molar-refractivity contribution >= 4 is 31.5 Å². The van der Waals surface area contributed by atoms with Gasteiger partial charge in [0.25, 0.3) is 0 Å². The zero-order valence-corrected chi connectivity index (χ0v) is 20.9. The third-order valence-electron chi connectivity index (χ3n) is 5.86. The molecule has 7 nitrogen and oxygen atoms in total. The van der Waals surface area contributed by atoms with Gasteiger partial charge in [-0.3, -0.25) is 4.79 Å². The number of carbonyl (C=O) groups excluding carboxylic acids is 1. The van der Waals surface area contributed by atoms with Crippen molar-refractivity contribution in [2.75, 3.05) is 11.9 Å². The zero-order valence-electron chi connectivity index (χ0n) is 19.3. The van der Waals surface area contributed by atoms with Crippen molar-refractivity contribution in [2.24, 2.45) is 0 Å². The summed E-state index contributed by atoms with van der Waals surface area (Å²) in [6, 6.07) is 12.9. The Morgan fingerprint density at radius 1 is 0.939 bits per heavy atom. The van der Waals surface area contributed by atoms with E-state index in [0.717, 1.165) is 18.4 Å². The first-order chi connectivity index (χ1) is 15.4. The summed E-state index contributed by atoms with van der Waals surface area (Å²) in [5, 5.41) is 2.29. The molecular weight excluding hydrogens is 460 g/mol. The van der Waals surface area contributed by atoms with Gasteiger partial charge in [-0.2, -0.15) is 0 Å². The number of rotatable bonds is 8. The monoisotopic (exact) mass is 492 g/mol. The van der Waals surface area contributed by atoms with Crippen molar-refractivity contribution in [3.8, 4) is 0 Å². The standard InChI is InChI=1S/C24H32N2O5S2/c1-24(2,3)18-11-13-21(14-12-18)33(30,31)25-16-15-23(27)26-19-7-6-10-22(17-19)32(28,29)20-8-4-5-9-20/h6-7,10-14,17,20,25H,4-5,8-9,15-16H2,1-3H3,(H,26,27). The molecule has 1 aliphatic rings. The van der Waals surface area contributed by atoms with Gasteiger partial charge in [-0.05, 0) is 54.2 Å². The van der Waals surface area contributed by atoms with Crippen LogP contribution in [0, 0.1) is 0 Å². The Balaban J connectivity index is 1.56. The van der Waals surface area contributed by atoms with Gasteiger partial charge in [-0.1, -0.05) is 51.8 Å². The highest BCUT2D eigenvalue weighted by Crippen LogP contribution is 2.30. The van der Waals surface area contributed by atoms with Crippen LogP contribution in [0.1, 0.15) is 58.4 Å². The summed E-state index contributed by atoms with van der Waals surface area (Å²) in [4.78, 5) is 12.7. The van der Waals surface area contributed by atoms with Crippen molar-refractivity contribution in [1.82, 2.24) is 4.72 Å². The highest BCUT2D eigenvalue weighted by atomic mass is 32.2. The molecule has 180 valence electrons. The molecule has 1 fully saturated rings. The summed E-state index contributed by atoms with van der Waals surface area (Å²) in [5.74, 6) is -0.406. The maximum Gasteiger partial charge on any atom is 0.240 e. The SMILES string of the molecule is CC(C)(C)c1ccc(S(=O)(=O)NCCC(=O)Nc2cccc(S(=O)(=O)C3CCCC3)c2)cc1. The third-order valence-corrected chi connectivity index (χ3v) is 9.60. The summed E-state index contributed by atoms with van der Waals surface area (Å²) >= 11 is 0. The molecule has 1 saturated carbocycles. The van der Waals surface area contributed by atoms with E-state index >= 15 is 0 Å². The smallest absolute Gasteiger partial charge is 0.240 e. The quantitative estimate of drug-likeness (QED) is 0.579. The second-order valence-electron chi connectivity index (χ2n) is 9.45. The highest BCUT2D eigenvalue weighted by Gasteiger charge is 2.30. The molecular formula is C24H32N2O5S2. The second-order valence-corrected chi connectivity index (χ2v) is 13.4. The number of carbonyl (C=O) groups is 1. The van der Waals surface area contributed by atoms with Gasteiger partial charge in [-0.15, -0.1) is 0 Å². The average molecular weight is 493 g/mol. The Hall–Kier alpha value is -2.23. The van der Waals surface area contributed by atoms with E-state index < -0.39 is 25.8 Å². The number of benzene rings is 2. The van der Waals surface area contributed by atoms with Gasteiger partial charge in [0.15, 0.2) is 9.84 Å². The minimum Gasteiger partial charge on any atom is -0.326 e. The van der Waals surface area contributed by atoms with E-state index in [2.05, 4.69) is 10.0 Å². The number of sulfonamides is 1. The van der Waals surface area contributed by atoms with Gasteiger partial charge in [0.05, 0.1) is 15.0 Å². The van der Waals surface area contributed by atoms with Crippen molar-refractivity contribution < 1.29 is 21.6 Å². The number of sulfone groups is 1. The molecule has 0 aromatic heterocycles. The van der Waals surface area contributed by atoms with Crippen molar-refractivity contribution in [3.05, 3.63) is 54.1 Å². The lowest BCUT2D eigenvalue weighted by molar-refractivity contribution is -0.116. The maximum absolute atomic E-state index is 12.8. The van der Waals surface area contributed by atoms with E-state index in [1.165, 1.54) is 6.07 Å². The van der Waals surface area contributed by atoms with E-state index in [0.29, 0.717) is 18.5 Å². The van der Waals surface area contributed by atoms with Crippen LogP contribution in [0.2, 0.25) is 0 Å². The van der Waals surface area contributed by atoms with E-state index in [1.807, 2.05) is 20.8 Å². The third kappa shape index (κ3) is 6.43. The van der Waals surface area contributed by atoms with Crippen LogP contribution in [-0.2, 0) is 30.1 Å². The van der Waals surface area contributed by atoms with Gasteiger partial charge in [0.1, 0.15) is 0 Å². The molecule has 0 heterocycles. The molecule has 2 aromatic carbocycles. The zero-order chi connectivity index (χ0) is 24.3. The Kier molecular flexibility index (Phi) is 7.65. The molecule has 9 heteroatoms. The van der Waals surface area contributed by atoms with Crippen LogP contribution < -0.4 is 10.0 Å². The fourth-order valence-corrected chi connectivity index (χ4v) is 6.81. The van der Waals surface area contributed by atoms with E-state index in [4.69, 9.17) is 0 Å². The molecule has 0 saturated heterocycles. The van der Waals surface area contributed by atoms with Gasteiger partial charge < -0.3 is 5.32 Å². The lowest BCUT2D eigenvalue weighted by atomic mass is 9.87. The molecule has 0 radical (unpaired) electrons. The van der Waals surface area contributed by atoms with Crippen molar-refractivity contribution in [1.29, 1.82) is 0 Å². The molecule has 3 rings (SSSR count). The van der Waals surface area contributed by atoms with E-state index in [-0.39, 0.29) is 33.4 Å². The van der Waals surface area contributed by atoms with E-state index in [1.54, 1.807) is 42.5 Å². The molecule has 1 aliphatic carbocycles. The molecule has 2 aromatic rings. The number of amides is 1. The first kappa shape index (κ1) is 25.4. The van der Waals surface area contributed by atoms with Crippen LogP contribution in [0.3, 0.4) is 0 Å². The van der Waals surface area contributed by atoms with Crippen molar-refractivity contribution in [2.45, 2.75) is 73.3 Å². The topological polar surface area (TPSA) is 109 Å². The number of nitrogens with one attached hydrogen (secondary N) is 2. The molecule has 1 amide bonds. The van der Waals surface area contributed by atoms with Crippen LogP contribution in [-0.4, -0.2) is 34.5 Å². The molecule has 0 spiro atoms. The van der Waals surface area contributed by atoms with Gasteiger partial charge in [0.2, 0.25) is 15.9 Å². The van der Waals surface area contributed by atoms with E-state index in [9.17, 15) is 21.6 Å². The lowest BCUT2D eigenvalue weighted by Gasteiger charge is -2.19. The summed E-state index contributed by atoms with van der Waals surface area (Å²) in [6.07, 6.45) is 3.07. The van der Waals surface area contributed by atoms with Crippen LogP contribution in [0.25, 0.3) is 0 Å². The predicted octanol–water partition coefficient (Wildman–Crippen LogP) is 4.01. The second kappa shape index (κ2) is 9.95. The Morgan fingerprint density at radius 3 is 2.18 bits per heavy atom. The Morgan fingerprint density at radius 2 is 1.58 bits per heavy atom. The first-order valence-corrected chi connectivity index (χ1v) is 14.2. The fraction of sp³-hybridized carbons (Fsp3) is 0.458. The van der Waals surface area contributed by atoms with Gasteiger partial charge >= 0.3 is 0 Å². The average Bonchev–Trinajstić information content (AvgIpc) is 3.29. The van der Waals surface area contributed by atoms with Gasteiger partial charge in [0, 0.05) is 18.7 Å².